The van der Waals surface area contributed by atoms with E-state index in [4.69, 9.17) is 5.10 Å². The van der Waals surface area contributed by atoms with Crippen LogP contribution < -0.4 is 5.32 Å². The molecule has 3 aromatic rings. The molecule has 4 nitrogen and oxygen atoms in total. The van der Waals surface area contributed by atoms with Crippen molar-refractivity contribution in [3.05, 3.63) is 75.0 Å². The van der Waals surface area contributed by atoms with Crippen LogP contribution in [0.5, 0.6) is 0 Å². The Balaban J connectivity index is 1.50. The average molecular weight is 484 g/mol. The number of halogens is 1. The van der Waals surface area contributed by atoms with Crippen LogP contribution in [-0.2, 0) is 13.0 Å². The fourth-order valence-corrected chi connectivity index (χ4v) is 4.91. The maximum absolute atomic E-state index is 5.16. The summed E-state index contributed by atoms with van der Waals surface area (Å²) in [6.07, 6.45) is 4.84. The lowest BCUT2D eigenvalue weighted by Gasteiger charge is -2.35. The lowest BCUT2D eigenvalue weighted by molar-refractivity contribution is 0.136. The summed E-state index contributed by atoms with van der Waals surface area (Å²) in [5.74, 6) is 1.20. The summed E-state index contributed by atoms with van der Waals surface area (Å²) in [6.45, 7) is 3.16. The topological polar surface area (TPSA) is 33.1 Å². The van der Waals surface area contributed by atoms with Crippen molar-refractivity contribution in [2.45, 2.75) is 38.3 Å². The molecule has 2 aromatic carbocycles. The Labute approximate surface area is 180 Å². The molecule has 0 spiro atoms. The van der Waals surface area contributed by atoms with Crippen molar-refractivity contribution in [2.75, 3.05) is 18.4 Å². The van der Waals surface area contributed by atoms with E-state index in [2.05, 4.69) is 92.1 Å². The van der Waals surface area contributed by atoms with Crippen molar-refractivity contribution in [1.29, 1.82) is 0 Å². The molecule has 2 aliphatic heterocycles. The Kier molecular flexibility index (Phi) is 5.11. The zero-order valence-corrected chi connectivity index (χ0v) is 18.1. The lowest BCUT2D eigenvalue weighted by atomic mass is 9.95. The second-order valence-electron chi connectivity index (χ2n) is 7.75. The standard InChI is InChI=1S/C23H25IN4/c24-18-9-11-19(12-10-18)28-23-20(13-14-25-23)22(26-28)21-8-4-5-15-27(21)16-17-6-2-1-3-7-17/h1-3,6-7,9-12,21,25H,4-5,8,13-16H2. The number of anilines is 1. The number of benzene rings is 2. The van der Waals surface area contributed by atoms with Crippen molar-refractivity contribution in [2.24, 2.45) is 0 Å². The SMILES string of the molecule is Ic1ccc(-n2nc(C3CCCCN3Cc3ccccc3)c3c2NCC3)cc1. The molecule has 0 aliphatic carbocycles. The molecule has 5 heteroatoms. The summed E-state index contributed by atoms with van der Waals surface area (Å²) in [6, 6.07) is 19.9. The zero-order valence-electron chi connectivity index (χ0n) is 15.9. The summed E-state index contributed by atoms with van der Waals surface area (Å²) in [5, 5.41) is 8.74. The fourth-order valence-electron chi connectivity index (χ4n) is 4.55. The minimum absolute atomic E-state index is 0.410. The van der Waals surface area contributed by atoms with Gasteiger partial charge >= 0.3 is 0 Å². The molecule has 28 heavy (non-hydrogen) atoms. The largest absolute Gasteiger partial charge is 0.369 e. The van der Waals surface area contributed by atoms with E-state index in [1.807, 2.05) is 0 Å². The molecule has 1 N–H and O–H groups in total. The number of fused-ring (bicyclic) bond motifs is 1. The maximum atomic E-state index is 5.16. The fraction of sp³-hybridized carbons (Fsp3) is 0.348. The van der Waals surface area contributed by atoms with E-state index in [1.165, 1.54) is 45.5 Å². The number of aromatic nitrogens is 2. The summed E-state index contributed by atoms with van der Waals surface area (Å²) in [4.78, 5) is 2.64. The summed E-state index contributed by atoms with van der Waals surface area (Å²) in [7, 11) is 0. The minimum Gasteiger partial charge on any atom is -0.369 e. The van der Waals surface area contributed by atoms with E-state index in [0.29, 0.717) is 6.04 Å². The van der Waals surface area contributed by atoms with Gasteiger partial charge in [-0.15, -0.1) is 0 Å². The molecular formula is C23H25IN4. The molecule has 0 radical (unpaired) electrons. The number of likely N-dealkylation sites (tertiary alicyclic amines) is 1. The molecule has 1 atom stereocenters. The number of rotatable bonds is 4. The van der Waals surface area contributed by atoms with Crippen LogP contribution >= 0.6 is 22.6 Å². The second kappa shape index (κ2) is 7.87. The zero-order chi connectivity index (χ0) is 18.9. The number of hydrogen-bond donors (Lipinski definition) is 1. The first-order valence-corrected chi connectivity index (χ1v) is 11.3. The third-order valence-electron chi connectivity index (χ3n) is 5.91. The highest BCUT2D eigenvalue weighted by Crippen LogP contribution is 2.38. The second-order valence-corrected chi connectivity index (χ2v) is 8.99. The minimum atomic E-state index is 0.410. The first kappa shape index (κ1) is 18.2. The highest BCUT2D eigenvalue weighted by molar-refractivity contribution is 14.1. The normalized spacial score (nSPS) is 19.4. The van der Waals surface area contributed by atoms with Gasteiger partial charge in [-0.05, 0) is 78.2 Å². The van der Waals surface area contributed by atoms with Crippen LogP contribution in [0.25, 0.3) is 5.69 Å². The molecule has 0 bridgehead atoms. The molecule has 1 unspecified atom stereocenters. The van der Waals surface area contributed by atoms with Crippen molar-refractivity contribution in [3.63, 3.8) is 0 Å². The van der Waals surface area contributed by atoms with E-state index < -0.39 is 0 Å². The van der Waals surface area contributed by atoms with Gasteiger partial charge in [-0.1, -0.05) is 36.8 Å². The number of piperidine rings is 1. The molecular weight excluding hydrogens is 459 g/mol. The number of hydrogen-bond acceptors (Lipinski definition) is 3. The van der Waals surface area contributed by atoms with Crippen LogP contribution in [0.1, 0.15) is 42.1 Å². The van der Waals surface area contributed by atoms with Crippen molar-refractivity contribution in [1.82, 2.24) is 14.7 Å². The Bertz CT molecular complexity index is 949. The van der Waals surface area contributed by atoms with Gasteiger partial charge in [0.25, 0.3) is 0 Å². The van der Waals surface area contributed by atoms with Crippen LogP contribution in [0, 0.1) is 3.57 Å². The van der Waals surface area contributed by atoms with Gasteiger partial charge in [0.1, 0.15) is 5.82 Å². The predicted octanol–water partition coefficient (Wildman–Crippen LogP) is 5.17. The van der Waals surface area contributed by atoms with E-state index in [9.17, 15) is 0 Å². The smallest absolute Gasteiger partial charge is 0.133 e. The van der Waals surface area contributed by atoms with Crippen molar-refractivity contribution >= 4 is 28.4 Å². The van der Waals surface area contributed by atoms with Gasteiger partial charge in [0.15, 0.2) is 0 Å². The molecule has 5 rings (SSSR count). The van der Waals surface area contributed by atoms with E-state index in [1.54, 1.807) is 0 Å². The maximum Gasteiger partial charge on any atom is 0.133 e. The molecule has 1 aromatic heterocycles. The monoisotopic (exact) mass is 484 g/mol. The molecule has 2 aliphatic rings. The molecule has 1 fully saturated rings. The van der Waals surface area contributed by atoms with Gasteiger partial charge in [-0.2, -0.15) is 5.10 Å². The molecule has 3 heterocycles. The summed E-state index contributed by atoms with van der Waals surface area (Å²) < 4.78 is 3.38. The van der Waals surface area contributed by atoms with Gasteiger partial charge in [0.2, 0.25) is 0 Å². The summed E-state index contributed by atoms with van der Waals surface area (Å²) in [5.41, 5.74) is 5.24. The first-order chi connectivity index (χ1) is 13.8. The highest BCUT2D eigenvalue weighted by atomic mass is 127. The van der Waals surface area contributed by atoms with Gasteiger partial charge in [0.05, 0.1) is 17.4 Å². The van der Waals surface area contributed by atoms with Crippen LogP contribution in [0.4, 0.5) is 5.82 Å². The Morgan fingerprint density at radius 3 is 2.68 bits per heavy atom. The Morgan fingerprint density at radius 1 is 1.04 bits per heavy atom. The van der Waals surface area contributed by atoms with Crippen LogP contribution in [0.2, 0.25) is 0 Å². The van der Waals surface area contributed by atoms with Gasteiger partial charge in [-0.3, -0.25) is 4.90 Å². The molecule has 1 saturated heterocycles. The van der Waals surface area contributed by atoms with Gasteiger partial charge in [-0.25, -0.2) is 4.68 Å². The molecule has 0 saturated carbocycles. The van der Waals surface area contributed by atoms with E-state index in [-0.39, 0.29) is 0 Å². The number of nitrogens with zero attached hydrogens (tertiary/aromatic N) is 3. The van der Waals surface area contributed by atoms with Crippen molar-refractivity contribution < 1.29 is 0 Å². The van der Waals surface area contributed by atoms with Gasteiger partial charge < -0.3 is 5.32 Å². The highest BCUT2D eigenvalue weighted by Gasteiger charge is 2.32. The van der Waals surface area contributed by atoms with E-state index >= 15 is 0 Å². The quantitative estimate of drug-likeness (QED) is 0.519. The first-order valence-electron chi connectivity index (χ1n) is 10.2. The lowest BCUT2D eigenvalue weighted by Crippen LogP contribution is -2.33. The van der Waals surface area contributed by atoms with Crippen molar-refractivity contribution in [3.8, 4) is 5.69 Å². The third kappa shape index (κ3) is 3.46. The molecule has 0 amide bonds. The average Bonchev–Trinajstić information content (AvgIpc) is 3.33. The summed E-state index contributed by atoms with van der Waals surface area (Å²) >= 11 is 2.35. The Hall–Kier alpha value is -1.86. The van der Waals surface area contributed by atoms with Crippen LogP contribution in [0.15, 0.2) is 54.6 Å². The van der Waals surface area contributed by atoms with Crippen LogP contribution in [0.3, 0.4) is 0 Å². The predicted molar refractivity (Wildman–Crippen MR) is 122 cm³/mol. The number of nitrogens with one attached hydrogen (secondary N) is 1. The molecule has 144 valence electrons. The van der Waals surface area contributed by atoms with E-state index in [0.717, 1.165) is 31.7 Å². The third-order valence-corrected chi connectivity index (χ3v) is 6.63. The van der Waals surface area contributed by atoms with Gasteiger partial charge in [0, 0.05) is 22.2 Å². The Morgan fingerprint density at radius 2 is 1.86 bits per heavy atom. The van der Waals surface area contributed by atoms with Crippen LogP contribution in [-0.4, -0.2) is 27.8 Å².